The lowest BCUT2D eigenvalue weighted by molar-refractivity contribution is -0.123. The van der Waals surface area contributed by atoms with Crippen molar-refractivity contribution in [1.29, 1.82) is 0 Å². The number of halogens is 1. The van der Waals surface area contributed by atoms with Gasteiger partial charge in [0.2, 0.25) is 5.91 Å². The molecule has 152 valence electrons. The zero-order valence-corrected chi connectivity index (χ0v) is 17.4. The predicted molar refractivity (Wildman–Crippen MR) is 111 cm³/mol. The first-order chi connectivity index (χ1) is 14.3. The van der Waals surface area contributed by atoms with E-state index in [4.69, 9.17) is 0 Å². The summed E-state index contributed by atoms with van der Waals surface area (Å²) in [6.07, 6.45) is 0. The molecule has 10 heteroatoms. The molecule has 30 heavy (non-hydrogen) atoms. The molecule has 2 aliphatic heterocycles. The van der Waals surface area contributed by atoms with Crippen molar-refractivity contribution in [3.63, 3.8) is 0 Å². The molecule has 1 N–H and O–H groups in total. The zero-order chi connectivity index (χ0) is 21.4. The summed E-state index contributed by atoms with van der Waals surface area (Å²) in [5.74, 6) is -1.46. The van der Waals surface area contributed by atoms with Crippen LogP contribution in [0.3, 0.4) is 0 Å². The van der Waals surface area contributed by atoms with Gasteiger partial charge in [-0.15, -0.1) is 0 Å². The fraction of sp³-hybridized carbons (Fsp3) is 0.200. The largest absolute Gasteiger partial charge is 0.324 e. The number of benzene rings is 2. The molecule has 1 saturated heterocycles. The number of rotatable bonds is 5. The van der Waals surface area contributed by atoms with Crippen LogP contribution in [-0.2, 0) is 14.4 Å². The molecule has 2 aromatic carbocycles. The summed E-state index contributed by atoms with van der Waals surface area (Å²) < 4.78 is 0.728. The van der Waals surface area contributed by atoms with Crippen LogP contribution in [0.5, 0.6) is 0 Å². The average molecular weight is 470 g/mol. The second-order valence-corrected chi connectivity index (χ2v) is 7.78. The van der Waals surface area contributed by atoms with Crippen LogP contribution in [0.2, 0.25) is 0 Å². The van der Waals surface area contributed by atoms with E-state index < -0.39 is 29.8 Å². The maximum atomic E-state index is 12.9. The van der Waals surface area contributed by atoms with E-state index in [1.54, 1.807) is 48.5 Å². The van der Waals surface area contributed by atoms with Gasteiger partial charge in [-0.1, -0.05) is 27.2 Å². The number of Topliss-reactive ketones (excluding diaryl/α,β-unsaturated/α-hetero) is 1. The molecule has 3 amide bonds. The summed E-state index contributed by atoms with van der Waals surface area (Å²) in [5, 5.41) is 11.7. The molecule has 0 bridgehead atoms. The Morgan fingerprint density at radius 3 is 2.50 bits per heavy atom. The Bertz CT molecular complexity index is 1080. The Morgan fingerprint density at radius 2 is 1.83 bits per heavy atom. The fourth-order valence-corrected chi connectivity index (χ4v) is 3.75. The number of hydrogen-bond donors (Lipinski definition) is 1. The lowest BCUT2D eigenvalue weighted by Crippen LogP contribution is -2.43. The second kappa shape index (κ2) is 7.79. The van der Waals surface area contributed by atoms with Gasteiger partial charge in [0, 0.05) is 15.7 Å². The third kappa shape index (κ3) is 3.61. The van der Waals surface area contributed by atoms with Crippen molar-refractivity contribution in [2.75, 3.05) is 16.8 Å². The summed E-state index contributed by atoms with van der Waals surface area (Å²) in [7, 11) is 0. The summed E-state index contributed by atoms with van der Waals surface area (Å²) >= 11 is 3.33. The number of carbonyl (C=O) groups is 4. The van der Waals surface area contributed by atoms with Gasteiger partial charge in [0.1, 0.15) is 6.54 Å². The average Bonchev–Trinajstić information content (AvgIpc) is 3.22. The Morgan fingerprint density at radius 1 is 1.10 bits per heavy atom. The fourth-order valence-electron chi connectivity index (χ4n) is 3.36. The molecule has 0 aromatic heterocycles. The van der Waals surface area contributed by atoms with Gasteiger partial charge in [-0.05, 0) is 49.4 Å². The van der Waals surface area contributed by atoms with E-state index >= 15 is 0 Å². The molecule has 2 aromatic rings. The highest BCUT2D eigenvalue weighted by Crippen LogP contribution is 2.32. The van der Waals surface area contributed by atoms with Gasteiger partial charge in [-0.2, -0.15) is 5.11 Å². The number of nitrogens with zero attached hydrogens (tertiary/aromatic N) is 4. The summed E-state index contributed by atoms with van der Waals surface area (Å²) in [4.78, 5) is 50.5. The topological polar surface area (TPSA) is 112 Å². The molecular weight excluding hydrogens is 454 g/mol. The van der Waals surface area contributed by atoms with E-state index in [9.17, 15) is 19.2 Å². The molecule has 1 fully saturated rings. The standard InChI is InChI=1S/C20H16BrN5O4/c1-11(27)12-5-7-14(8-6-12)22-16(28)10-25-18-17(23-24-25)19(29)26(20(18)30)15-4-2-3-13(21)9-15/h2-9,17-18H,10H2,1H3,(H,22,28)/t17-,18-/m0/s1. The molecule has 2 aliphatic rings. The van der Waals surface area contributed by atoms with E-state index in [1.807, 2.05) is 0 Å². The maximum Gasteiger partial charge on any atom is 0.263 e. The first-order valence-corrected chi connectivity index (χ1v) is 9.86. The van der Waals surface area contributed by atoms with E-state index in [1.165, 1.54) is 11.9 Å². The molecule has 4 rings (SSSR count). The van der Waals surface area contributed by atoms with E-state index in [-0.39, 0.29) is 12.3 Å². The molecule has 0 radical (unpaired) electrons. The van der Waals surface area contributed by atoms with Crippen LogP contribution < -0.4 is 10.2 Å². The highest BCUT2D eigenvalue weighted by atomic mass is 79.9. The molecule has 0 saturated carbocycles. The molecule has 0 aliphatic carbocycles. The van der Waals surface area contributed by atoms with Gasteiger partial charge in [-0.3, -0.25) is 24.2 Å². The summed E-state index contributed by atoms with van der Waals surface area (Å²) in [6, 6.07) is 11.3. The van der Waals surface area contributed by atoms with Crippen molar-refractivity contribution in [3.05, 3.63) is 58.6 Å². The SMILES string of the molecule is CC(=O)c1ccc(NC(=O)CN2N=N[C@@H]3C(=O)N(c4cccc(Br)c4)C(=O)[C@H]32)cc1. The number of carbonyl (C=O) groups excluding carboxylic acids is 4. The second-order valence-electron chi connectivity index (χ2n) is 6.87. The van der Waals surface area contributed by atoms with E-state index in [0.29, 0.717) is 16.9 Å². The Kier molecular flexibility index (Phi) is 5.17. The Balaban J connectivity index is 1.46. The number of amides is 3. The van der Waals surface area contributed by atoms with Gasteiger partial charge < -0.3 is 5.32 Å². The van der Waals surface area contributed by atoms with Crippen LogP contribution in [0, 0.1) is 0 Å². The highest BCUT2D eigenvalue weighted by Gasteiger charge is 2.55. The number of fused-ring (bicyclic) bond motifs is 1. The molecule has 0 unspecified atom stereocenters. The minimum absolute atomic E-state index is 0.0733. The highest BCUT2D eigenvalue weighted by molar-refractivity contribution is 9.10. The van der Waals surface area contributed by atoms with Crippen LogP contribution in [-0.4, -0.2) is 47.1 Å². The summed E-state index contributed by atoms with van der Waals surface area (Å²) in [5.41, 5.74) is 1.47. The van der Waals surface area contributed by atoms with Gasteiger partial charge in [0.25, 0.3) is 11.8 Å². The van der Waals surface area contributed by atoms with E-state index in [0.717, 1.165) is 9.37 Å². The van der Waals surface area contributed by atoms with Crippen LogP contribution >= 0.6 is 15.9 Å². The van der Waals surface area contributed by atoms with Gasteiger partial charge in [0.15, 0.2) is 17.9 Å². The first-order valence-electron chi connectivity index (χ1n) is 9.07. The third-order valence-electron chi connectivity index (χ3n) is 4.81. The lowest BCUT2D eigenvalue weighted by atomic mass is 10.1. The minimum atomic E-state index is -0.973. The number of nitrogens with one attached hydrogen (secondary N) is 1. The molecule has 0 spiro atoms. The number of ketones is 1. The Hall–Kier alpha value is -3.40. The smallest absolute Gasteiger partial charge is 0.263 e. The van der Waals surface area contributed by atoms with E-state index in [2.05, 4.69) is 31.6 Å². The van der Waals surface area contributed by atoms with Crippen molar-refractivity contribution < 1.29 is 19.2 Å². The van der Waals surface area contributed by atoms with Crippen molar-refractivity contribution in [3.8, 4) is 0 Å². The monoisotopic (exact) mass is 469 g/mol. The third-order valence-corrected chi connectivity index (χ3v) is 5.30. The zero-order valence-electron chi connectivity index (χ0n) is 15.8. The lowest BCUT2D eigenvalue weighted by Gasteiger charge is -2.20. The first kappa shape index (κ1) is 19.9. The number of anilines is 2. The van der Waals surface area contributed by atoms with Gasteiger partial charge in [-0.25, -0.2) is 4.90 Å². The van der Waals surface area contributed by atoms with Crippen molar-refractivity contribution in [2.24, 2.45) is 10.3 Å². The summed E-state index contributed by atoms with van der Waals surface area (Å²) in [6.45, 7) is 1.21. The number of hydrogen-bond acceptors (Lipinski definition) is 7. The molecule has 2 heterocycles. The van der Waals surface area contributed by atoms with Gasteiger partial charge >= 0.3 is 0 Å². The quantitative estimate of drug-likeness (QED) is 0.534. The predicted octanol–water partition coefficient (Wildman–Crippen LogP) is 2.58. The minimum Gasteiger partial charge on any atom is -0.324 e. The Labute approximate surface area is 179 Å². The van der Waals surface area contributed by atoms with Crippen LogP contribution in [0.1, 0.15) is 17.3 Å². The molecule has 9 nitrogen and oxygen atoms in total. The number of imide groups is 1. The normalized spacial score (nSPS) is 19.9. The maximum absolute atomic E-state index is 12.9. The van der Waals surface area contributed by atoms with Crippen LogP contribution in [0.4, 0.5) is 11.4 Å². The van der Waals surface area contributed by atoms with Crippen molar-refractivity contribution >= 4 is 50.8 Å². The van der Waals surface area contributed by atoms with Crippen LogP contribution in [0.25, 0.3) is 0 Å². The molecular formula is C20H16BrN5O4. The van der Waals surface area contributed by atoms with Crippen LogP contribution in [0.15, 0.2) is 63.3 Å². The molecule has 2 atom stereocenters. The van der Waals surface area contributed by atoms with Crippen molar-refractivity contribution in [2.45, 2.75) is 19.0 Å². The van der Waals surface area contributed by atoms with Crippen molar-refractivity contribution in [1.82, 2.24) is 5.01 Å². The van der Waals surface area contributed by atoms with Gasteiger partial charge in [0.05, 0.1) is 5.69 Å².